The van der Waals surface area contributed by atoms with Crippen LogP contribution in [-0.4, -0.2) is 22.7 Å². The van der Waals surface area contributed by atoms with E-state index in [-0.39, 0.29) is 6.10 Å². The van der Waals surface area contributed by atoms with Crippen molar-refractivity contribution in [3.8, 4) is 0 Å². The Hall–Kier alpha value is 0.0500. The SMILES string of the molecule is OC(C1=CCCCCC1)C1CCSC1. The zero-order chi connectivity index (χ0) is 9.80. The van der Waals surface area contributed by atoms with Crippen molar-refractivity contribution in [1.82, 2.24) is 0 Å². The van der Waals surface area contributed by atoms with Crippen molar-refractivity contribution >= 4 is 11.8 Å². The first-order valence-electron chi connectivity index (χ1n) is 5.82. The van der Waals surface area contributed by atoms with Gasteiger partial charge in [0.2, 0.25) is 0 Å². The molecule has 2 rings (SSSR count). The molecule has 1 heterocycles. The largest absolute Gasteiger partial charge is 0.388 e. The van der Waals surface area contributed by atoms with Crippen LogP contribution in [0.2, 0.25) is 0 Å². The van der Waals surface area contributed by atoms with Gasteiger partial charge in [-0.05, 0) is 55.1 Å². The van der Waals surface area contributed by atoms with Crippen LogP contribution in [0.3, 0.4) is 0 Å². The van der Waals surface area contributed by atoms with Gasteiger partial charge in [0, 0.05) is 0 Å². The lowest BCUT2D eigenvalue weighted by atomic mass is 9.92. The van der Waals surface area contributed by atoms with Gasteiger partial charge in [-0.3, -0.25) is 0 Å². The van der Waals surface area contributed by atoms with Gasteiger partial charge >= 0.3 is 0 Å². The van der Waals surface area contributed by atoms with Crippen LogP contribution >= 0.6 is 11.8 Å². The van der Waals surface area contributed by atoms with E-state index >= 15 is 0 Å². The van der Waals surface area contributed by atoms with Crippen molar-refractivity contribution in [3.05, 3.63) is 11.6 Å². The molecule has 2 unspecified atom stereocenters. The summed E-state index contributed by atoms with van der Waals surface area (Å²) in [6, 6.07) is 0. The summed E-state index contributed by atoms with van der Waals surface area (Å²) in [6.07, 6.45) is 9.66. The predicted octanol–water partition coefficient (Wildman–Crippen LogP) is 2.99. The zero-order valence-corrected chi connectivity index (χ0v) is 9.56. The molecule has 2 heteroatoms. The van der Waals surface area contributed by atoms with Gasteiger partial charge in [-0.15, -0.1) is 0 Å². The van der Waals surface area contributed by atoms with Gasteiger partial charge in [-0.1, -0.05) is 12.5 Å². The molecular formula is C12H20OS. The van der Waals surface area contributed by atoms with E-state index in [1.54, 1.807) is 0 Å². The number of hydrogen-bond acceptors (Lipinski definition) is 2. The van der Waals surface area contributed by atoms with E-state index < -0.39 is 0 Å². The van der Waals surface area contributed by atoms with Crippen LogP contribution in [-0.2, 0) is 0 Å². The number of allylic oxidation sites excluding steroid dienone is 1. The Balaban J connectivity index is 1.94. The molecule has 1 aliphatic heterocycles. The highest BCUT2D eigenvalue weighted by Crippen LogP contribution is 2.32. The molecule has 0 bridgehead atoms. The normalized spacial score (nSPS) is 30.9. The van der Waals surface area contributed by atoms with E-state index in [1.807, 2.05) is 11.8 Å². The molecule has 0 spiro atoms. The third-order valence-corrected chi connectivity index (χ3v) is 4.56. The number of rotatable bonds is 2. The molecule has 2 aliphatic rings. The van der Waals surface area contributed by atoms with Crippen molar-refractivity contribution in [2.24, 2.45) is 5.92 Å². The topological polar surface area (TPSA) is 20.2 Å². The molecule has 0 saturated carbocycles. The summed E-state index contributed by atoms with van der Waals surface area (Å²) in [7, 11) is 0. The first kappa shape index (κ1) is 10.6. The molecule has 1 fully saturated rings. The van der Waals surface area contributed by atoms with Crippen LogP contribution in [0.1, 0.15) is 38.5 Å². The van der Waals surface area contributed by atoms with Gasteiger partial charge < -0.3 is 5.11 Å². The van der Waals surface area contributed by atoms with Crippen molar-refractivity contribution in [2.75, 3.05) is 11.5 Å². The van der Waals surface area contributed by atoms with E-state index in [1.165, 1.54) is 49.2 Å². The molecule has 0 aromatic rings. The monoisotopic (exact) mass is 212 g/mol. The Morgan fingerprint density at radius 3 is 3.07 bits per heavy atom. The fraction of sp³-hybridized carbons (Fsp3) is 0.833. The number of thioether (sulfide) groups is 1. The van der Waals surface area contributed by atoms with Gasteiger partial charge in [0.1, 0.15) is 0 Å². The number of aliphatic hydroxyl groups excluding tert-OH is 1. The Kier molecular flexibility index (Phi) is 3.94. The quantitative estimate of drug-likeness (QED) is 0.710. The maximum absolute atomic E-state index is 10.2. The van der Waals surface area contributed by atoms with Gasteiger partial charge in [0.15, 0.2) is 0 Å². The first-order valence-corrected chi connectivity index (χ1v) is 6.98. The third-order valence-electron chi connectivity index (χ3n) is 3.37. The minimum atomic E-state index is -0.122. The lowest BCUT2D eigenvalue weighted by molar-refractivity contribution is 0.150. The Morgan fingerprint density at radius 2 is 2.29 bits per heavy atom. The van der Waals surface area contributed by atoms with Gasteiger partial charge in [-0.25, -0.2) is 0 Å². The van der Waals surface area contributed by atoms with E-state index in [9.17, 15) is 5.11 Å². The maximum atomic E-state index is 10.2. The summed E-state index contributed by atoms with van der Waals surface area (Å²) in [5.74, 6) is 2.96. The highest BCUT2D eigenvalue weighted by atomic mass is 32.2. The lowest BCUT2D eigenvalue weighted by Gasteiger charge is -2.19. The third kappa shape index (κ3) is 2.54. The fourth-order valence-electron chi connectivity index (χ4n) is 2.41. The first-order chi connectivity index (χ1) is 6.88. The van der Waals surface area contributed by atoms with E-state index in [0.717, 1.165) is 6.42 Å². The molecule has 80 valence electrons. The average molecular weight is 212 g/mol. The summed E-state index contributed by atoms with van der Waals surface area (Å²) in [5.41, 5.74) is 1.34. The van der Waals surface area contributed by atoms with Gasteiger partial charge in [0.25, 0.3) is 0 Å². The van der Waals surface area contributed by atoms with Crippen LogP contribution in [0.25, 0.3) is 0 Å². The second-order valence-electron chi connectivity index (χ2n) is 4.45. The second-order valence-corrected chi connectivity index (χ2v) is 5.60. The van der Waals surface area contributed by atoms with E-state index in [2.05, 4.69) is 6.08 Å². The van der Waals surface area contributed by atoms with Crippen molar-refractivity contribution in [1.29, 1.82) is 0 Å². The minimum absolute atomic E-state index is 0.122. The lowest BCUT2D eigenvalue weighted by Crippen LogP contribution is -2.22. The fourth-order valence-corrected chi connectivity index (χ4v) is 3.70. The molecule has 0 aromatic carbocycles. The Bertz CT molecular complexity index is 206. The molecule has 1 nitrogen and oxygen atoms in total. The summed E-state index contributed by atoms with van der Waals surface area (Å²) < 4.78 is 0. The highest BCUT2D eigenvalue weighted by Gasteiger charge is 2.26. The summed E-state index contributed by atoms with van der Waals surface area (Å²) in [6.45, 7) is 0. The van der Waals surface area contributed by atoms with Crippen LogP contribution in [0.4, 0.5) is 0 Å². The molecular weight excluding hydrogens is 192 g/mol. The molecule has 1 saturated heterocycles. The van der Waals surface area contributed by atoms with Crippen LogP contribution in [0.5, 0.6) is 0 Å². The van der Waals surface area contributed by atoms with Crippen LogP contribution in [0.15, 0.2) is 11.6 Å². The van der Waals surface area contributed by atoms with Crippen molar-refractivity contribution in [3.63, 3.8) is 0 Å². The van der Waals surface area contributed by atoms with Crippen LogP contribution in [0, 0.1) is 5.92 Å². The molecule has 0 amide bonds. The van der Waals surface area contributed by atoms with E-state index in [0.29, 0.717) is 5.92 Å². The summed E-state index contributed by atoms with van der Waals surface area (Å²) in [4.78, 5) is 0. The van der Waals surface area contributed by atoms with Gasteiger partial charge in [-0.2, -0.15) is 11.8 Å². The molecule has 2 atom stereocenters. The van der Waals surface area contributed by atoms with Crippen molar-refractivity contribution < 1.29 is 5.11 Å². The highest BCUT2D eigenvalue weighted by molar-refractivity contribution is 7.99. The number of aliphatic hydroxyl groups is 1. The Morgan fingerprint density at radius 1 is 1.36 bits per heavy atom. The van der Waals surface area contributed by atoms with E-state index in [4.69, 9.17) is 0 Å². The zero-order valence-electron chi connectivity index (χ0n) is 8.74. The average Bonchev–Trinajstić information content (AvgIpc) is 2.59. The molecule has 0 aromatic heterocycles. The smallest absolute Gasteiger partial charge is 0.0786 e. The second kappa shape index (κ2) is 5.22. The molecule has 0 radical (unpaired) electrons. The Labute approximate surface area is 91.0 Å². The standard InChI is InChI=1S/C12H20OS/c13-12(11-7-8-14-9-11)10-5-3-1-2-4-6-10/h5,11-13H,1-4,6-9H2. The summed E-state index contributed by atoms with van der Waals surface area (Å²) in [5, 5.41) is 10.2. The molecule has 1 aliphatic carbocycles. The van der Waals surface area contributed by atoms with Crippen molar-refractivity contribution in [2.45, 2.75) is 44.6 Å². The maximum Gasteiger partial charge on any atom is 0.0786 e. The minimum Gasteiger partial charge on any atom is -0.388 e. The molecule has 1 N–H and O–H groups in total. The van der Waals surface area contributed by atoms with Crippen LogP contribution < -0.4 is 0 Å². The molecule has 14 heavy (non-hydrogen) atoms. The number of hydrogen-bond donors (Lipinski definition) is 1. The van der Waals surface area contributed by atoms with Gasteiger partial charge in [0.05, 0.1) is 6.10 Å². The predicted molar refractivity (Wildman–Crippen MR) is 62.6 cm³/mol. The summed E-state index contributed by atoms with van der Waals surface area (Å²) >= 11 is 1.99.